The Labute approximate surface area is 164 Å². The van der Waals surface area contributed by atoms with Crippen LogP contribution >= 0.6 is 11.6 Å². The van der Waals surface area contributed by atoms with Crippen molar-refractivity contribution in [2.45, 2.75) is 25.4 Å². The molecular formula is C23H21ClN2O. The molecule has 2 atom stereocenters. The second kappa shape index (κ2) is 7.45. The van der Waals surface area contributed by atoms with Gasteiger partial charge >= 0.3 is 0 Å². The van der Waals surface area contributed by atoms with Gasteiger partial charge in [0.1, 0.15) is 0 Å². The van der Waals surface area contributed by atoms with Gasteiger partial charge in [0.15, 0.2) is 0 Å². The largest absolute Gasteiger partial charge is 0.382 e. The number of nitrogens with zero attached hydrogens (tertiary/aromatic N) is 1. The van der Waals surface area contributed by atoms with Crippen molar-refractivity contribution in [3.63, 3.8) is 0 Å². The van der Waals surface area contributed by atoms with Crippen LogP contribution in [0.2, 0.25) is 5.02 Å². The maximum atomic E-state index is 13.5. The molecule has 4 rings (SSSR count). The second-order valence-corrected chi connectivity index (χ2v) is 7.34. The summed E-state index contributed by atoms with van der Waals surface area (Å²) in [7, 11) is 0. The number of nitrogens with one attached hydrogen (secondary N) is 1. The number of halogens is 1. The van der Waals surface area contributed by atoms with E-state index in [1.807, 2.05) is 71.6 Å². The monoisotopic (exact) mass is 376 g/mol. The molecule has 0 bridgehead atoms. The summed E-state index contributed by atoms with van der Waals surface area (Å²) in [6.07, 6.45) is 0.832. The van der Waals surface area contributed by atoms with Crippen LogP contribution in [0.1, 0.15) is 35.3 Å². The molecule has 3 aromatic carbocycles. The maximum absolute atomic E-state index is 13.5. The first-order valence-electron chi connectivity index (χ1n) is 9.13. The highest BCUT2D eigenvalue weighted by Gasteiger charge is 2.33. The topological polar surface area (TPSA) is 32.3 Å². The normalized spacial score (nSPS) is 18.3. The number of hydrogen-bond acceptors (Lipinski definition) is 2. The van der Waals surface area contributed by atoms with Gasteiger partial charge in [-0.2, -0.15) is 0 Å². The Kier molecular flexibility index (Phi) is 4.87. The van der Waals surface area contributed by atoms with E-state index in [4.69, 9.17) is 11.6 Å². The number of amides is 1. The van der Waals surface area contributed by atoms with Gasteiger partial charge in [-0.25, -0.2) is 0 Å². The maximum Gasteiger partial charge on any atom is 0.258 e. The van der Waals surface area contributed by atoms with Crippen LogP contribution in [0.4, 0.5) is 11.4 Å². The van der Waals surface area contributed by atoms with E-state index in [1.165, 1.54) is 0 Å². The molecule has 4 heteroatoms. The van der Waals surface area contributed by atoms with E-state index in [2.05, 4.69) is 24.4 Å². The van der Waals surface area contributed by atoms with Gasteiger partial charge in [0.25, 0.3) is 5.91 Å². The van der Waals surface area contributed by atoms with Crippen LogP contribution in [-0.4, -0.2) is 11.9 Å². The van der Waals surface area contributed by atoms with E-state index in [0.29, 0.717) is 10.6 Å². The van der Waals surface area contributed by atoms with Crippen molar-refractivity contribution < 1.29 is 4.79 Å². The summed E-state index contributed by atoms with van der Waals surface area (Å²) in [5.41, 5.74) is 3.74. The Morgan fingerprint density at radius 2 is 1.63 bits per heavy atom. The highest BCUT2D eigenvalue weighted by molar-refractivity contribution is 6.30. The van der Waals surface area contributed by atoms with Gasteiger partial charge < -0.3 is 10.2 Å². The molecule has 3 aromatic rings. The van der Waals surface area contributed by atoms with Gasteiger partial charge in [0.05, 0.1) is 6.04 Å². The van der Waals surface area contributed by atoms with Crippen molar-refractivity contribution in [2.75, 3.05) is 10.2 Å². The summed E-state index contributed by atoms with van der Waals surface area (Å²) in [6.45, 7) is 2.15. The standard InChI is InChI=1S/C23H21ClN2O/c1-16-15-22(20-9-5-6-10-21(20)25-16)26(19-13-11-18(24)12-14-19)23(27)17-7-3-2-4-8-17/h2-14,16,22,25H,15H2,1H3. The molecule has 1 heterocycles. The number of hydrogen-bond donors (Lipinski definition) is 1. The van der Waals surface area contributed by atoms with Gasteiger partial charge in [-0.15, -0.1) is 0 Å². The highest BCUT2D eigenvalue weighted by Crippen LogP contribution is 2.39. The Morgan fingerprint density at radius 3 is 2.37 bits per heavy atom. The molecule has 0 aliphatic carbocycles. The molecule has 1 aliphatic rings. The lowest BCUT2D eigenvalue weighted by molar-refractivity contribution is 0.0974. The summed E-state index contributed by atoms with van der Waals surface area (Å²) in [6, 6.07) is 25.4. The zero-order chi connectivity index (χ0) is 18.8. The van der Waals surface area contributed by atoms with Gasteiger partial charge in [-0.05, 0) is 61.4 Å². The number of carbonyl (C=O) groups is 1. The lowest BCUT2D eigenvalue weighted by Gasteiger charge is -2.39. The van der Waals surface area contributed by atoms with E-state index in [9.17, 15) is 4.79 Å². The first-order valence-corrected chi connectivity index (χ1v) is 9.51. The molecule has 1 N–H and O–H groups in total. The summed E-state index contributed by atoms with van der Waals surface area (Å²) < 4.78 is 0. The van der Waals surface area contributed by atoms with Crippen LogP contribution < -0.4 is 10.2 Å². The lowest BCUT2D eigenvalue weighted by Crippen LogP contribution is -2.40. The minimum Gasteiger partial charge on any atom is -0.382 e. The third kappa shape index (κ3) is 3.56. The molecule has 1 aliphatic heterocycles. The predicted octanol–water partition coefficient (Wildman–Crippen LogP) is 5.93. The quantitative estimate of drug-likeness (QED) is 0.614. The minimum atomic E-state index is -0.0497. The molecule has 0 spiro atoms. The van der Waals surface area contributed by atoms with Crippen molar-refractivity contribution in [1.29, 1.82) is 0 Å². The molecule has 0 radical (unpaired) electrons. The number of para-hydroxylation sites is 1. The number of benzene rings is 3. The average Bonchev–Trinajstić information content (AvgIpc) is 2.70. The molecule has 0 fully saturated rings. The third-order valence-electron chi connectivity index (χ3n) is 4.95. The van der Waals surface area contributed by atoms with Crippen LogP contribution in [0.25, 0.3) is 0 Å². The fourth-order valence-corrected chi connectivity index (χ4v) is 3.84. The first-order chi connectivity index (χ1) is 13.1. The van der Waals surface area contributed by atoms with E-state index in [-0.39, 0.29) is 18.0 Å². The molecule has 0 saturated carbocycles. The van der Waals surface area contributed by atoms with Crippen LogP contribution in [0.15, 0.2) is 78.9 Å². The van der Waals surface area contributed by atoms with Gasteiger partial charge in [0.2, 0.25) is 0 Å². The molecular weight excluding hydrogens is 356 g/mol. The summed E-state index contributed by atoms with van der Waals surface area (Å²) in [4.78, 5) is 15.4. The number of rotatable bonds is 3. The summed E-state index contributed by atoms with van der Waals surface area (Å²) >= 11 is 6.09. The SMILES string of the molecule is CC1CC(N(C(=O)c2ccccc2)c2ccc(Cl)cc2)c2ccccc2N1. The Morgan fingerprint density at radius 1 is 0.963 bits per heavy atom. The van der Waals surface area contributed by atoms with E-state index in [1.54, 1.807) is 0 Å². The molecule has 0 saturated heterocycles. The minimum absolute atomic E-state index is 0.00757. The van der Waals surface area contributed by atoms with Gasteiger partial charge in [-0.3, -0.25) is 4.79 Å². The predicted molar refractivity (Wildman–Crippen MR) is 112 cm³/mol. The Balaban J connectivity index is 1.83. The number of anilines is 2. The fourth-order valence-electron chi connectivity index (χ4n) is 3.71. The molecule has 0 aromatic heterocycles. The smallest absolute Gasteiger partial charge is 0.258 e. The molecule has 3 nitrogen and oxygen atoms in total. The van der Waals surface area contributed by atoms with Gasteiger partial charge in [-0.1, -0.05) is 48.0 Å². The molecule has 1 amide bonds. The van der Waals surface area contributed by atoms with E-state index >= 15 is 0 Å². The van der Waals surface area contributed by atoms with Crippen LogP contribution in [0.5, 0.6) is 0 Å². The summed E-state index contributed by atoms with van der Waals surface area (Å²) in [5, 5.41) is 4.18. The zero-order valence-corrected chi connectivity index (χ0v) is 15.9. The van der Waals surface area contributed by atoms with Crippen molar-refractivity contribution in [1.82, 2.24) is 0 Å². The fraction of sp³-hybridized carbons (Fsp3) is 0.174. The summed E-state index contributed by atoms with van der Waals surface area (Å²) in [5.74, 6) is -0.00757. The Bertz CT molecular complexity index is 940. The molecule has 136 valence electrons. The number of fused-ring (bicyclic) bond motifs is 1. The lowest BCUT2D eigenvalue weighted by atomic mass is 9.91. The van der Waals surface area contributed by atoms with Crippen molar-refractivity contribution in [3.8, 4) is 0 Å². The van der Waals surface area contributed by atoms with Crippen LogP contribution in [0, 0.1) is 0 Å². The van der Waals surface area contributed by atoms with E-state index in [0.717, 1.165) is 23.4 Å². The molecule has 2 unspecified atom stereocenters. The van der Waals surface area contributed by atoms with E-state index < -0.39 is 0 Å². The van der Waals surface area contributed by atoms with Crippen molar-refractivity contribution in [2.24, 2.45) is 0 Å². The van der Waals surface area contributed by atoms with Crippen LogP contribution in [0.3, 0.4) is 0 Å². The first kappa shape index (κ1) is 17.6. The van der Waals surface area contributed by atoms with Gasteiger partial charge in [0, 0.05) is 28.0 Å². The second-order valence-electron chi connectivity index (χ2n) is 6.90. The zero-order valence-electron chi connectivity index (χ0n) is 15.1. The van der Waals surface area contributed by atoms with Crippen molar-refractivity contribution >= 4 is 28.9 Å². The highest BCUT2D eigenvalue weighted by atomic mass is 35.5. The average molecular weight is 377 g/mol. The number of carbonyl (C=O) groups excluding carboxylic acids is 1. The molecule has 27 heavy (non-hydrogen) atoms. The third-order valence-corrected chi connectivity index (χ3v) is 5.21. The Hall–Kier alpha value is -2.78. The van der Waals surface area contributed by atoms with Crippen LogP contribution in [-0.2, 0) is 0 Å². The van der Waals surface area contributed by atoms with Crippen molar-refractivity contribution in [3.05, 3.63) is 95.0 Å².